The van der Waals surface area contributed by atoms with Gasteiger partial charge >= 0.3 is 0 Å². The van der Waals surface area contributed by atoms with Crippen molar-refractivity contribution in [1.29, 1.82) is 0 Å². The molecule has 3 aromatic heterocycles. The number of imidazole rings is 1. The molecule has 96 valence electrons. The Balaban J connectivity index is 1.94. The van der Waals surface area contributed by atoms with E-state index in [1.807, 2.05) is 66.2 Å². The maximum Gasteiger partial charge on any atom is 0.235 e. The van der Waals surface area contributed by atoms with Crippen LogP contribution in [0.3, 0.4) is 0 Å². The molecule has 0 fully saturated rings. The molecule has 4 heteroatoms. The van der Waals surface area contributed by atoms with Gasteiger partial charge in [-0.05, 0) is 37.3 Å². The van der Waals surface area contributed by atoms with Gasteiger partial charge in [-0.2, -0.15) is 0 Å². The average molecular weight is 260 g/mol. The number of hydrogen-bond donors (Lipinski definition) is 0. The molecule has 4 nitrogen and oxygen atoms in total. The van der Waals surface area contributed by atoms with Crippen molar-refractivity contribution in [2.45, 2.75) is 6.92 Å². The molecule has 0 bridgehead atoms. The number of para-hydroxylation sites is 2. The predicted molar refractivity (Wildman–Crippen MR) is 78.5 cm³/mol. The minimum Gasteiger partial charge on any atom is -0.284 e. The molecule has 1 aromatic carbocycles. The smallest absolute Gasteiger partial charge is 0.235 e. The van der Waals surface area contributed by atoms with Crippen molar-refractivity contribution >= 4 is 16.8 Å². The van der Waals surface area contributed by atoms with Gasteiger partial charge in [0, 0.05) is 23.7 Å². The molecule has 0 N–H and O–H groups in total. The number of rotatable bonds is 1. The van der Waals surface area contributed by atoms with Gasteiger partial charge in [-0.1, -0.05) is 12.1 Å². The third-order valence-corrected chi connectivity index (χ3v) is 3.39. The quantitative estimate of drug-likeness (QED) is 0.527. The standard InChI is InChI=1S/C16H12N4/c1-11-6-7-12(10-17-11)13-8-9-20-15-5-3-2-4-14(15)19-16(20)18-13/h2-10H,1H3. The second kappa shape index (κ2) is 4.13. The summed E-state index contributed by atoms with van der Waals surface area (Å²) in [5.74, 6) is 0.712. The summed E-state index contributed by atoms with van der Waals surface area (Å²) in [6.07, 6.45) is 3.85. The van der Waals surface area contributed by atoms with E-state index in [0.29, 0.717) is 5.78 Å². The molecule has 0 spiro atoms. The Hall–Kier alpha value is -2.75. The van der Waals surface area contributed by atoms with Crippen LogP contribution in [-0.2, 0) is 0 Å². The number of fused-ring (bicyclic) bond motifs is 3. The molecule has 0 aliphatic rings. The summed E-state index contributed by atoms with van der Waals surface area (Å²) in [6, 6.07) is 14.1. The molecule has 0 saturated carbocycles. The van der Waals surface area contributed by atoms with E-state index in [1.165, 1.54) is 0 Å². The molecule has 4 rings (SSSR count). The van der Waals surface area contributed by atoms with Crippen molar-refractivity contribution in [1.82, 2.24) is 19.4 Å². The first-order valence-electron chi connectivity index (χ1n) is 6.48. The number of aromatic nitrogens is 4. The van der Waals surface area contributed by atoms with Crippen LogP contribution in [0.5, 0.6) is 0 Å². The fourth-order valence-corrected chi connectivity index (χ4v) is 2.33. The van der Waals surface area contributed by atoms with E-state index >= 15 is 0 Å². The number of nitrogens with zero attached hydrogens (tertiary/aromatic N) is 4. The molecule has 0 unspecified atom stereocenters. The SMILES string of the molecule is Cc1ccc(-c2ccn3c(n2)nc2ccccc23)cn1. The highest BCUT2D eigenvalue weighted by atomic mass is 15.1. The lowest BCUT2D eigenvalue weighted by atomic mass is 10.2. The van der Waals surface area contributed by atoms with Crippen molar-refractivity contribution in [2.75, 3.05) is 0 Å². The average Bonchev–Trinajstić information content (AvgIpc) is 2.85. The molecule has 4 aromatic rings. The summed E-state index contributed by atoms with van der Waals surface area (Å²) < 4.78 is 2.00. The Kier molecular flexibility index (Phi) is 2.29. The van der Waals surface area contributed by atoms with Crippen LogP contribution in [0, 0.1) is 6.92 Å². The first-order valence-corrected chi connectivity index (χ1v) is 6.48. The van der Waals surface area contributed by atoms with Gasteiger partial charge in [-0.25, -0.2) is 9.97 Å². The minimum absolute atomic E-state index is 0.712. The molecule has 0 saturated heterocycles. The number of hydrogen-bond acceptors (Lipinski definition) is 3. The third kappa shape index (κ3) is 1.66. The van der Waals surface area contributed by atoms with Gasteiger partial charge in [-0.3, -0.25) is 9.38 Å². The Bertz CT molecular complexity index is 907. The van der Waals surface area contributed by atoms with Crippen molar-refractivity contribution in [3.8, 4) is 11.3 Å². The van der Waals surface area contributed by atoms with Crippen molar-refractivity contribution in [3.05, 3.63) is 60.6 Å². The van der Waals surface area contributed by atoms with Crippen LogP contribution in [0.15, 0.2) is 54.9 Å². The van der Waals surface area contributed by atoms with Gasteiger partial charge < -0.3 is 0 Å². The summed E-state index contributed by atoms with van der Waals surface area (Å²) in [6.45, 7) is 1.97. The van der Waals surface area contributed by atoms with E-state index in [4.69, 9.17) is 0 Å². The van der Waals surface area contributed by atoms with E-state index in [2.05, 4.69) is 15.0 Å². The minimum atomic E-state index is 0.712. The van der Waals surface area contributed by atoms with Crippen LogP contribution in [0.1, 0.15) is 5.69 Å². The van der Waals surface area contributed by atoms with Gasteiger partial charge in [0.15, 0.2) is 0 Å². The fraction of sp³-hybridized carbons (Fsp3) is 0.0625. The summed E-state index contributed by atoms with van der Waals surface area (Å²) in [5.41, 5.74) is 4.93. The van der Waals surface area contributed by atoms with Gasteiger partial charge in [0.25, 0.3) is 0 Å². The molecule has 0 aliphatic carbocycles. The first-order chi connectivity index (χ1) is 9.81. The zero-order valence-corrected chi connectivity index (χ0v) is 11.0. The zero-order valence-electron chi connectivity index (χ0n) is 11.0. The van der Waals surface area contributed by atoms with Gasteiger partial charge in [0.2, 0.25) is 5.78 Å². The fourth-order valence-electron chi connectivity index (χ4n) is 2.33. The summed E-state index contributed by atoms with van der Waals surface area (Å²) in [5, 5.41) is 0. The van der Waals surface area contributed by atoms with Crippen molar-refractivity contribution < 1.29 is 0 Å². The Morgan fingerprint density at radius 3 is 2.70 bits per heavy atom. The van der Waals surface area contributed by atoms with E-state index < -0.39 is 0 Å². The predicted octanol–water partition coefficient (Wildman–Crippen LogP) is 3.25. The first kappa shape index (κ1) is 11.1. The van der Waals surface area contributed by atoms with Gasteiger partial charge in [0.05, 0.1) is 16.7 Å². The van der Waals surface area contributed by atoms with Crippen LogP contribution < -0.4 is 0 Å². The number of pyridine rings is 1. The molecular weight excluding hydrogens is 248 g/mol. The normalized spacial score (nSPS) is 11.2. The number of aryl methyl sites for hydroxylation is 1. The lowest BCUT2D eigenvalue weighted by Crippen LogP contribution is -1.92. The molecule has 20 heavy (non-hydrogen) atoms. The van der Waals surface area contributed by atoms with Crippen LogP contribution >= 0.6 is 0 Å². The number of benzene rings is 1. The highest BCUT2D eigenvalue weighted by molar-refractivity contribution is 5.79. The third-order valence-electron chi connectivity index (χ3n) is 3.39. The van der Waals surface area contributed by atoms with Crippen molar-refractivity contribution in [2.24, 2.45) is 0 Å². The lowest BCUT2D eigenvalue weighted by molar-refractivity contribution is 1.13. The summed E-state index contributed by atoms with van der Waals surface area (Å²) in [4.78, 5) is 13.5. The van der Waals surface area contributed by atoms with Crippen LogP contribution in [0.2, 0.25) is 0 Å². The lowest BCUT2D eigenvalue weighted by Gasteiger charge is -2.01. The maximum absolute atomic E-state index is 4.62. The second-order valence-corrected chi connectivity index (χ2v) is 4.77. The Labute approximate surface area is 115 Å². The van der Waals surface area contributed by atoms with Crippen molar-refractivity contribution in [3.63, 3.8) is 0 Å². The van der Waals surface area contributed by atoms with E-state index in [-0.39, 0.29) is 0 Å². The molecule has 0 atom stereocenters. The largest absolute Gasteiger partial charge is 0.284 e. The Morgan fingerprint density at radius 1 is 0.950 bits per heavy atom. The van der Waals surface area contributed by atoms with Crippen LogP contribution in [0.4, 0.5) is 0 Å². The topological polar surface area (TPSA) is 43.1 Å². The van der Waals surface area contributed by atoms with Crippen LogP contribution in [-0.4, -0.2) is 19.4 Å². The Morgan fingerprint density at radius 2 is 1.85 bits per heavy atom. The molecule has 0 radical (unpaired) electrons. The van der Waals surface area contributed by atoms with E-state index in [9.17, 15) is 0 Å². The summed E-state index contributed by atoms with van der Waals surface area (Å²) in [7, 11) is 0. The molecule has 0 aliphatic heterocycles. The highest BCUT2D eigenvalue weighted by Gasteiger charge is 2.07. The van der Waals surface area contributed by atoms with E-state index in [1.54, 1.807) is 0 Å². The summed E-state index contributed by atoms with van der Waals surface area (Å²) >= 11 is 0. The molecule has 3 heterocycles. The monoisotopic (exact) mass is 260 g/mol. The van der Waals surface area contributed by atoms with Gasteiger partial charge in [-0.15, -0.1) is 0 Å². The van der Waals surface area contributed by atoms with Gasteiger partial charge in [0.1, 0.15) is 0 Å². The zero-order chi connectivity index (χ0) is 13.5. The molecular formula is C16H12N4. The highest BCUT2D eigenvalue weighted by Crippen LogP contribution is 2.20. The van der Waals surface area contributed by atoms with Crippen LogP contribution in [0.25, 0.3) is 28.1 Å². The second-order valence-electron chi connectivity index (χ2n) is 4.77. The maximum atomic E-state index is 4.62. The van der Waals surface area contributed by atoms with E-state index in [0.717, 1.165) is 28.0 Å². The molecule has 0 amide bonds.